The van der Waals surface area contributed by atoms with Gasteiger partial charge in [0, 0.05) is 12.1 Å². The first-order valence-electron chi connectivity index (χ1n) is 11.3. The minimum atomic E-state index is -0.259. The van der Waals surface area contributed by atoms with Crippen LogP contribution in [0.5, 0.6) is 23.0 Å². The molecule has 0 spiro atoms. The zero-order chi connectivity index (χ0) is 24.5. The summed E-state index contributed by atoms with van der Waals surface area (Å²) in [4.78, 5) is 13.4. The molecule has 0 heterocycles. The molecular formula is C26H37ClLiO5P. The van der Waals surface area contributed by atoms with Crippen LogP contribution in [0, 0.1) is 17.8 Å². The van der Waals surface area contributed by atoms with Gasteiger partial charge in [-0.1, -0.05) is 59.2 Å². The minimum Gasteiger partial charge on any atom is -1.00 e. The molecule has 0 aromatic heterocycles. The van der Waals surface area contributed by atoms with Crippen molar-refractivity contribution in [1.82, 2.24) is 0 Å². The second-order valence-electron chi connectivity index (χ2n) is 9.18. The van der Waals surface area contributed by atoms with Gasteiger partial charge in [0.15, 0.2) is 5.52 Å². The molecule has 5 nitrogen and oxygen atoms in total. The van der Waals surface area contributed by atoms with Crippen LogP contribution in [0.3, 0.4) is 0 Å². The average molecular weight is 503 g/mol. The van der Waals surface area contributed by atoms with E-state index >= 15 is 0 Å². The standard InChI is InChI=1S/C26H36ClO5P.Li.H/c1-16(2)13-30-19-11-22(31-14-17(3)4)25(23(12-19)32-15-18(5)6)33-26(28)24-20(27)9-8-10-21(24)29-7;;/h8-12,16-18,33H,13-15H2,1-7H3;;/q;+1;-1. The fourth-order valence-corrected chi connectivity index (χ4v) is 4.32. The first-order chi connectivity index (χ1) is 15.6. The van der Waals surface area contributed by atoms with Crippen LogP contribution < -0.4 is 43.1 Å². The smallest absolute Gasteiger partial charge is 1.00 e. The number of halogens is 1. The molecule has 0 aliphatic rings. The predicted molar refractivity (Wildman–Crippen MR) is 139 cm³/mol. The number of rotatable bonds is 13. The van der Waals surface area contributed by atoms with Crippen LogP contribution in [-0.4, -0.2) is 32.5 Å². The van der Waals surface area contributed by atoms with E-state index < -0.39 is 0 Å². The fourth-order valence-electron chi connectivity index (χ4n) is 2.85. The second-order valence-corrected chi connectivity index (χ2v) is 10.8. The quantitative estimate of drug-likeness (QED) is 0.309. The summed E-state index contributed by atoms with van der Waals surface area (Å²) in [7, 11) is 1.27. The van der Waals surface area contributed by atoms with Gasteiger partial charge < -0.3 is 20.4 Å². The van der Waals surface area contributed by atoms with E-state index in [4.69, 9.17) is 30.5 Å². The summed E-state index contributed by atoms with van der Waals surface area (Å²) in [5.74, 6) is 3.33. The Morgan fingerprint density at radius 3 is 1.85 bits per heavy atom. The van der Waals surface area contributed by atoms with E-state index in [2.05, 4.69) is 41.5 Å². The third kappa shape index (κ3) is 9.35. The van der Waals surface area contributed by atoms with Crippen molar-refractivity contribution in [3.8, 4) is 23.0 Å². The molecule has 2 aromatic rings. The monoisotopic (exact) mass is 502 g/mol. The molecule has 2 rings (SSSR count). The van der Waals surface area contributed by atoms with Crippen molar-refractivity contribution in [1.29, 1.82) is 0 Å². The molecule has 0 radical (unpaired) electrons. The van der Waals surface area contributed by atoms with E-state index in [0.29, 0.717) is 76.5 Å². The Balaban J connectivity index is 0.00000578. The topological polar surface area (TPSA) is 54.0 Å². The maximum absolute atomic E-state index is 13.4. The van der Waals surface area contributed by atoms with E-state index in [1.54, 1.807) is 18.2 Å². The fraction of sp³-hybridized carbons (Fsp3) is 0.500. The number of ether oxygens (including phenoxy) is 4. The van der Waals surface area contributed by atoms with Gasteiger partial charge in [0.2, 0.25) is 0 Å². The van der Waals surface area contributed by atoms with Crippen molar-refractivity contribution in [3.05, 3.63) is 40.9 Å². The van der Waals surface area contributed by atoms with Gasteiger partial charge in [0.1, 0.15) is 23.0 Å². The summed E-state index contributed by atoms with van der Waals surface area (Å²) in [6, 6.07) is 8.89. The maximum atomic E-state index is 13.4. The Morgan fingerprint density at radius 1 is 0.882 bits per heavy atom. The Morgan fingerprint density at radius 2 is 1.38 bits per heavy atom. The molecule has 0 fully saturated rings. The summed E-state index contributed by atoms with van der Waals surface area (Å²) >= 11 is 6.37. The van der Waals surface area contributed by atoms with Crippen molar-refractivity contribution in [2.75, 3.05) is 26.9 Å². The van der Waals surface area contributed by atoms with E-state index in [-0.39, 0.29) is 34.4 Å². The molecular weight excluding hydrogens is 466 g/mol. The Labute approximate surface area is 224 Å². The van der Waals surface area contributed by atoms with E-state index in [1.165, 1.54) is 7.11 Å². The van der Waals surface area contributed by atoms with Crippen LogP contribution >= 0.6 is 20.2 Å². The third-order valence-corrected chi connectivity index (χ3v) is 5.96. The van der Waals surface area contributed by atoms with Crippen LogP contribution in [0.25, 0.3) is 0 Å². The number of carbonyl (C=O) groups excluding carboxylic acids is 1. The van der Waals surface area contributed by atoms with Gasteiger partial charge in [-0.05, 0) is 38.5 Å². The van der Waals surface area contributed by atoms with Crippen LogP contribution in [0.4, 0.5) is 0 Å². The normalized spacial score (nSPS) is 11.3. The summed E-state index contributed by atoms with van der Waals surface area (Å²) < 4.78 is 23.7. The van der Waals surface area contributed by atoms with Crippen molar-refractivity contribution in [3.63, 3.8) is 0 Å². The van der Waals surface area contributed by atoms with E-state index in [0.717, 1.165) is 0 Å². The molecule has 1 atom stereocenters. The third-order valence-electron chi connectivity index (χ3n) is 4.43. The largest absolute Gasteiger partial charge is 1.00 e. The molecule has 0 saturated heterocycles. The van der Waals surface area contributed by atoms with E-state index in [1.807, 2.05) is 12.1 Å². The van der Waals surface area contributed by atoms with E-state index in [9.17, 15) is 4.79 Å². The van der Waals surface area contributed by atoms with Gasteiger partial charge in [-0.25, -0.2) is 0 Å². The molecule has 184 valence electrons. The van der Waals surface area contributed by atoms with Crippen LogP contribution in [0.2, 0.25) is 5.02 Å². The Kier molecular flexibility index (Phi) is 13.4. The van der Waals surface area contributed by atoms with Gasteiger partial charge in [-0.3, -0.25) is 4.79 Å². The van der Waals surface area contributed by atoms with Crippen LogP contribution in [0.1, 0.15) is 53.3 Å². The first kappa shape index (κ1) is 30.7. The molecule has 0 bridgehead atoms. The summed E-state index contributed by atoms with van der Waals surface area (Å²) in [5, 5.41) is 1.07. The maximum Gasteiger partial charge on any atom is 1.00 e. The molecule has 34 heavy (non-hydrogen) atoms. The molecule has 0 aliphatic carbocycles. The zero-order valence-electron chi connectivity index (χ0n) is 22.7. The van der Waals surface area contributed by atoms with Crippen molar-refractivity contribution >= 4 is 31.0 Å². The Hall–Kier alpha value is -1.37. The van der Waals surface area contributed by atoms with Gasteiger partial charge in [0.05, 0.1) is 42.8 Å². The molecule has 0 amide bonds. The molecule has 1 unspecified atom stereocenters. The van der Waals surface area contributed by atoms with Crippen molar-refractivity contribution in [2.24, 2.45) is 17.8 Å². The minimum absolute atomic E-state index is 0. The van der Waals surface area contributed by atoms with Gasteiger partial charge >= 0.3 is 18.9 Å². The number of benzene rings is 2. The predicted octanol–water partition coefficient (Wildman–Crippen LogP) is 3.71. The number of hydrogen-bond acceptors (Lipinski definition) is 5. The summed E-state index contributed by atoms with van der Waals surface area (Å²) in [6.45, 7) is 14.1. The van der Waals surface area contributed by atoms with Crippen LogP contribution in [0.15, 0.2) is 30.3 Å². The second kappa shape index (κ2) is 14.9. The number of carbonyl (C=O) groups is 1. The summed E-state index contributed by atoms with van der Waals surface area (Å²) in [5.41, 5.74) is 0.224. The first-order valence-corrected chi connectivity index (χ1v) is 12.7. The molecule has 8 heteroatoms. The van der Waals surface area contributed by atoms with Crippen LogP contribution in [-0.2, 0) is 0 Å². The average Bonchev–Trinajstić information content (AvgIpc) is 2.75. The van der Waals surface area contributed by atoms with Crippen molar-refractivity contribution < 1.29 is 44.0 Å². The van der Waals surface area contributed by atoms with Gasteiger partial charge in [-0.15, -0.1) is 0 Å². The molecule has 0 saturated carbocycles. The number of methoxy groups -OCH3 is 1. The molecule has 2 aromatic carbocycles. The summed E-state index contributed by atoms with van der Waals surface area (Å²) in [6.07, 6.45) is 0. The Bertz CT molecular complexity index is 907. The van der Waals surface area contributed by atoms with Crippen molar-refractivity contribution in [2.45, 2.75) is 41.5 Å². The number of hydrogen-bond donors (Lipinski definition) is 0. The SMILES string of the molecule is COc1cccc(Cl)c1C(=O)Pc1c(OCC(C)C)cc(OCC(C)C)cc1OCC(C)C.[H-].[Li+]. The van der Waals surface area contributed by atoms with Gasteiger partial charge in [-0.2, -0.15) is 0 Å². The molecule has 0 N–H and O–H groups in total. The van der Waals surface area contributed by atoms with Gasteiger partial charge in [0.25, 0.3) is 0 Å². The molecule has 0 aliphatic heterocycles. The zero-order valence-corrected chi connectivity index (χ0v) is 23.4.